The van der Waals surface area contributed by atoms with E-state index < -0.39 is 5.60 Å². The molecule has 0 aliphatic heterocycles. The first-order chi connectivity index (χ1) is 8.94. The lowest BCUT2D eigenvalue weighted by Gasteiger charge is -2.20. The van der Waals surface area contributed by atoms with Crippen molar-refractivity contribution in [2.45, 2.75) is 26.0 Å². The van der Waals surface area contributed by atoms with Crippen molar-refractivity contribution in [2.24, 2.45) is 0 Å². The van der Waals surface area contributed by atoms with Crippen LogP contribution in [-0.4, -0.2) is 37.6 Å². The molecule has 108 valence electrons. The smallest absolute Gasteiger partial charge is 0.142 e. The van der Waals surface area contributed by atoms with E-state index >= 15 is 0 Å². The highest BCUT2D eigenvalue weighted by Crippen LogP contribution is 2.29. The highest BCUT2D eigenvalue weighted by atomic mass is 35.5. The number of hydrogen-bond acceptors (Lipinski definition) is 4. The van der Waals surface area contributed by atoms with Crippen molar-refractivity contribution in [1.29, 1.82) is 0 Å². The van der Waals surface area contributed by atoms with Gasteiger partial charge >= 0.3 is 0 Å². The summed E-state index contributed by atoms with van der Waals surface area (Å²) in [6.07, 6.45) is 0. The van der Waals surface area contributed by atoms with Crippen LogP contribution in [0.3, 0.4) is 0 Å². The molecule has 0 unspecified atom stereocenters. The van der Waals surface area contributed by atoms with Crippen LogP contribution in [0.25, 0.3) is 0 Å². The molecule has 0 aliphatic carbocycles. The lowest BCUT2D eigenvalue weighted by Crippen LogP contribution is -2.28. The highest BCUT2D eigenvalue weighted by Gasteiger charge is 2.16. The maximum Gasteiger partial charge on any atom is 0.142 e. The average molecular weight is 288 g/mol. The van der Waals surface area contributed by atoms with Gasteiger partial charge in [0.05, 0.1) is 17.2 Å². The van der Waals surface area contributed by atoms with Crippen LogP contribution < -0.4 is 10.1 Å². The summed E-state index contributed by atoms with van der Waals surface area (Å²) in [5.41, 5.74) is 0.0766. The first-order valence-corrected chi connectivity index (χ1v) is 6.64. The fourth-order valence-electron chi connectivity index (χ4n) is 1.50. The van der Waals surface area contributed by atoms with E-state index in [4.69, 9.17) is 21.1 Å². The molecule has 5 heteroatoms. The molecule has 2 N–H and O–H groups in total. The van der Waals surface area contributed by atoms with Crippen LogP contribution in [0.15, 0.2) is 18.2 Å². The average Bonchev–Trinajstić information content (AvgIpc) is 2.32. The van der Waals surface area contributed by atoms with Crippen LogP contribution in [0.1, 0.15) is 19.4 Å². The third kappa shape index (κ3) is 6.25. The van der Waals surface area contributed by atoms with Gasteiger partial charge < -0.3 is 19.9 Å². The number of hydrogen-bond donors (Lipinski definition) is 2. The number of nitrogens with one attached hydrogen (secondary N) is 1. The van der Waals surface area contributed by atoms with Gasteiger partial charge in [0.15, 0.2) is 0 Å². The fourth-order valence-corrected chi connectivity index (χ4v) is 1.75. The molecule has 0 saturated carbocycles. The van der Waals surface area contributed by atoms with Crippen LogP contribution in [0.5, 0.6) is 5.75 Å². The Bertz CT molecular complexity index is 391. The molecule has 0 amide bonds. The van der Waals surface area contributed by atoms with Gasteiger partial charge in [-0.15, -0.1) is 0 Å². The second-order valence-corrected chi connectivity index (χ2v) is 5.41. The van der Waals surface area contributed by atoms with E-state index in [1.807, 2.05) is 12.1 Å². The molecule has 0 aromatic heterocycles. The van der Waals surface area contributed by atoms with Crippen LogP contribution in [0.2, 0.25) is 5.02 Å². The lowest BCUT2D eigenvalue weighted by atomic mass is 10.1. The number of ether oxygens (including phenoxy) is 2. The molecule has 19 heavy (non-hydrogen) atoms. The van der Waals surface area contributed by atoms with Crippen molar-refractivity contribution in [3.8, 4) is 5.75 Å². The Labute approximate surface area is 119 Å². The van der Waals surface area contributed by atoms with Gasteiger partial charge in [-0.05, 0) is 19.9 Å². The molecule has 1 aromatic rings. The van der Waals surface area contributed by atoms with Crippen molar-refractivity contribution < 1.29 is 14.6 Å². The quantitative estimate of drug-likeness (QED) is 0.720. The lowest BCUT2D eigenvalue weighted by molar-refractivity contribution is 0.0281. The Hall–Kier alpha value is -0.810. The third-order valence-electron chi connectivity index (χ3n) is 2.42. The number of methoxy groups -OCH3 is 1. The topological polar surface area (TPSA) is 50.7 Å². The van der Waals surface area contributed by atoms with Crippen molar-refractivity contribution in [2.75, 3.05) is 26.9 Å². The van der Waals surface area contributed by atoms with Gasteiger partial charge in [0.2, 0.25) is 0 Å². The molecule has 1 aromatic carbocycles. The van der Waals surface area contributed by atoms with Crippen LogP contribution in [0, 0.1) is 0 Å². The summed E-state index contributed by atoms with van der Waals surface area (Å²) in [7, 11) is 1.67. The largest absolute Gasteiger partial charge is 0.489 e. The summed E-state index contributed by atoms with van der Waals surface area (Å²) in [6, 6.07) is 5.61. The maximum atomic E-state index is 9.71. The molecule has 4 nitrogen and oxygen atoms in total. The standard InChI is InChI=1S/C14H22ClNO3/c1-14(2,17)10-19-13-11(5-4-6-12(13)15)9-16-7-8-18-3/h4-6,16-17H,7-10H2,1-3H3. The summed E-state index contributed by atoms with van der Waals surface area (Å²) < 4.78 is 10.6. The summed E-state index contributed by atoms with van der Waals surface area (Å²) in [5.74, 6) is 0.621. The summed E-state index contributed by atoms with van der Waals surface area (Å²) in [5, 5.41) is 13.5. The molecule has 0 atom stereocenters. The minimum Gasteiger partial charge on any atom is -0.489 e. The predicted molar refractivity (Wildman–Crippen MR) is 76.8 cm³/mol. The van der Waals surface area contributed by atoms with Gasteiger partial charge in [-0.2, -0.15) is 0 Å². The van der Waals surface area contributed by atoms with Gasteiger partial charge in [-0.1, -0.05) is 23.7 Å². The zero-order chi connectivity index (χ0) is 14.3. The Morgan fingerprint density at radius 3 is 2.74 bits per heavy atom. The summed E-state index contributed by atoms with van der Waals surface area (Å²) >= 11 is 6.14. The van der Waals surface area contributed by atoms with Crippen molar-refractivity contribution >= 4 is 11.6 Å². The molecule has 0 radical (unpaired) electrons. The Kier molecular flexibility index (Phi) is 6.58. The van der Waals surface area contributed by atoms with Crippen LogP contribution in [-0.2, 0) is 11.3 Å². The van der Waals surface area contributed by atoms with E-state index in [9.17, 15) is 5.11 Å². The number of halogens is 1. The number of para-hydroxylation sites is 1. The molecule has 0 spiro atoms. The Morgan fingerprint density at radius 1 is 1.37 bits per heavy atom. The first-order valence-electron chi connectivity index (χ1n) is 6.26. The van der Waals surface area contributed by atoms with E-state index in [0.29, 0.717) is 23.9 Å². The van der Waals surface area contributed by atoms with Gasteiger partial charge in [0.1, 0.15) is 12.4 Å². The van der Waals surface area contributed by atoms with E-state index in [-0.39, 0.29) is 6.61 Å². The number of rotatable bonds is 8. The summed E-state index contributed by atoms with van der Waals surface area (Å²) in [6.45, 7) is 5.64. The molecule has 0 fully saturated rings. The molecule has 0 bridgehead atoms. The molecule has 0 heterocycles. The molecule has 0 aliphatic rings. The number of benzene rings is 1. The van der Waals surface area contributed by atoms with Crippen LogP contribution >= 0.6 is 11.6 Å². The number of aliphatic hydroxyl groups is 1. The first kappa shape index (κ1) is 16.2. The molecular weight excluding hydrogens is 266 g/mol. The second-order valence-electron chi connectivity index (χ2n) is 5.00. The van der Waals surface area contributed by atoms with Gasteiger partial charge in [0.25, 0.3) is 0 Å². The fraction of sp³-hybridized carbons (Fsp3) is 0.571. The minimum absolute atomic E-state index is 0.196. The van der Waals surface area contributed by atoms with E-state index in [2.05, 4.69) is 5.32 Å². The predicted octanol–water partition coefficient (Wildman–Crippen LogP) is 2.23. The SMILES string of the molecule is COCCNCc1cccc(Cl)c1OCC(C)(C)O. The molecule has 1 rings (SSSR count). The molecular formula is C14H22ClNO3. The normalized spacial score (nSPS) is 11.6. The Balaban J connectivity index is 2.66. The van der Waals surface area contributed by atoms with Crippen molar-refractivity contribution in [3.63, 3.8) is 0 Å². The van der Waals surface area contributed by atoms with Gasteiger partial charge in [-0.25, -0.2) is 0 Å². The van der Waals surface area contributed by atoms with Gasteiger partial charge in [0, 0.05) is 25.8 Å². The van der Waals surface area contributed by atoms with Crippen LogP contribution in [0.4, 0.5) is 0 Å². The second kappa shape index (κ2) is 7.70. The van der Waals surface area contributed by atoms with Crippen molar-refractivity contribution in [1.82, 2.24) is 5.32 Å². The maximum absolute atomic E-state index is 9.71. The van der Waals surface area contributed by atoms with E-state index in [1.165, 1.54) is 0 Å². The molecule has 0 saturated heterocycles. The Morgan fingerprint density at radius 2 is 2.11 bits per heavy atom. The minimum atomic E-state index is -0.889. The highest BCUT2D eigenvalue weighted by molar-refractivity contribution is 6.32. The zero-order valence-electron chi connectivity index (χ0n) is 11.7. The van der Waals surface area contributed by atoms with E-state index in [0.717, 1.165) is 12.1 Å². The third-order valence-corrected chi connectivity index (χ3v) is 2.71. The summed E-state index contributed by atoms with van der Waals surface area (Å²) in [4.78, 5) is 0. The van der Waals surface area contributed by atoms with Gasteiger partial charge in [-0.3, -0.25) is 0 Å². The zero-order valence-corrected chi connectivity index (χ0v) is 12.5. The monoisotopic (exact) mass is 287 g/mol. The van der Waals surface area contributed by atoms with Crippen molar-refractivity contribution in [3.05, 3.63) is 28.8 Å². The van der Waals surface area contributed by atoms with E-state index in [1.54, 1.807) is 27.0 Å².